The van der Waals surface area contributed by atoms with Crippen LogP contribution in [0.25, 0.3) is 5.70 Å². The molecule has 1 aromatic carbocycles. The van der Waals surface area contributed by atoms with E-state index >= 15 is 0 Å². The Hall–Kier alpha value is -2.38. The summed E-state index contributed by atoms with van der Waals surface area (Å²) in [5, 5.41) is 4.77. The van der Waals surface area contributed by atoms with Crippen LogP contribution < -0.4 is 15.2 Å². The highest BCUT2D eigenvalue weighted by atomic mass is 35.5. The Morgan fingerprint density at radius 2 is 2.22 bits per heavy atom. The number of amides is 2. The van der Waals surface area contributed by atoms with Crippen LogP contribution in [0, 0.1) is 0 Å². The lowest BCUT2D eigenvalue weighted by molar-refractivity contribution is -0.117. The van der Waals surface area contributed by atoms with Gasteiger partial charge in [0, 0.05) is 27.2 Å². The number of benzene rings is 1. The van der Waals surface area contributed by atoms with Crippen molar-refractivity contribution in [2.24, 2.45) is 4.99 Å². The van der Waals surface area contributed by atoms with E-state index < -0.39 is 0 Å². The predicted octanol–water partition coefficient (Wildman–Crippen LogP) is 1.82. The topological polar surface area (TPSA) is 71.0 Å². The highest BCUT2D eigenvalue weighted by Crippen LogP contribution is 2.24. The Balaban J connectivity index is 1.89. The third-order valence-electron chi connectivity index (χ3n) is 4.60. The first-order chi connectivity index (χ1) is 13.1. The molecule has 0 atom stereocenters. The number of fused-ring (bicyclic) bond motifs is 3. The molecule has 27 heavy (non-hydrogen) atoms. The first-order valence-corrected chi connectivity index (χ1v) is 9.94. The summed E-state index contributed by atoms with van der Waals surface area (Å²) in [5.74, 6) is -0.223. The normalized spacial score (nSPS) is 16.0. The Morgan fingerprint density at radius 3 is 3.00 bits per heavy atom. The second kappa shape index (κ2) is 7.32. The van der Waals surface area contributed by atoms with Crippen molar-refractivity contribution in [1.29, 1.82) is 0 Å². The Bertz CT molecular complexity index is 1050. The van der Waals surface area contributed by atoms with Gasteiger partial charge in [0.1, 0.15) is 4.67 Å². The summed E-state index contributed by atoms with van der Waals surface area (Å²) >= 11 is 7.88. The second-order valence-corrected chi connectivity index (χ2v) is 7.76. The van der Waals surface area contributed by atoms with Crippen molar-refractivity contribution >= 4 is 40.6 Å². The molecule has 140 valence electrons. The minimum absolute atomic E-state index is 0.131. The summed E-state index contributed by atoms with van der Waals surface area (Å²) in [6.45, 7) is 3.30. The Kier molecular flexibility index (Phi) is 4.88. The number of thiophene rings is 1. The molecule has 4 rings (SSSR count). The highest BCUT2D eigenvalue weighted by molar-refractivity contribution is 7.09. The number of carbonyl (C=O) groups is 2. The molecule has 0 saturated heterocycles. The van der Waals surface area contributed by atoms with E-state index in [0.717, 1.165) is 26.9 Å². The average Bonchev–Trinajstić information content (AvgIpc) is 2.91. The molecule has 0 unspecified atom stereocenters. The molecule has 1 aromatic heterocycles. The van der Waals surface area contributed by atoms with Crippen LogP contribution in [-0.2, 0) is 22.5 Å². The Labute approximate surface area is 165 Å². The van der Waals surface area contributed by atoms with Crippen molar-refractivity contribution < 1.29 is 14.3 Å². The molecule has 1 N–H and O–H groups in total. The van der Waals surface area contributed by atoms with Crippen LogP contribution in [0.2, 0.25) is 5.02 Å². The fraction of sp³-hybridized carbons (Fsp3) is 0.316. The first-order valence-electron chi connectivity index (χ1n) is 8.75. The van der Waals surface area contributed by atoms with Crippen LogP contribution in [0.5, 0.6) is 0 Å². The standard InChI is InChI=1S/C19H18ClN3O3S/c1-2-26-19(25)23-8-7-12-14(10-23)27-18-16(12)17(21-9-15(24)22-18)11-5-3-4-6-13(11)20/h3-6,21H,2,7-10H2,1H3. The van der Waals surface area contributed by atoms with Gasteiger partial charge in [-0.1, -0.05) is 29.8 Å². The van der Waals surface area contributed by atoms with Crippen LogP contribution >= 0.6 is 22.9 Å². The number of ether oxygens (including phenoxy) is 1. The summed E-state index contributed by atoms with van der Waals surface area (Å²) in [6, 6.07) is 7.55. The van der Waals surface area contributed by atoms with Gasteiger partial charge in [-0.15, -0.1) is 11.3 Å². The van der Waals surface area contributed by atoms with Gasteiger partial charge in [-0.2, -0.15) is 0 Å². The molecule has 0 aliphatic carbocycles. The van der Waals surface area contributed by atoms with Crippen molar-refractivity contribution in [3.63, 3.8) is 0 Å². The molecule has 0 spiro atoms. The minimum atomic E-state index is -0.312. The zero-order valence-electron chi connectivity index (χ0n) is 14.8. The van der Waals surface area contributed by atoms with E-state index in [-0.39, 0.29) is 18.5 Å². The van der Waals surface area contributed by atoms with E-state index in [2.05, 4.69) is 10.3 Å². The fourth-order valence-corrected chi connectivity index (χ4v) is 4.88. The predicted molar refractivity (Wildman–Crippen MR) is 103 cm³/mol. The monoisotopic (exact) mass is 403 g/mol. The van der Waals surface area contributed by atoms with E-state index in [9.17, 15) is 9.59 Å². The van der Waals surface area contributed by atoms with Gasteiger partial charge in [-0.3, -0.25) is 4.79 Å². The molecular formula is C19H18ClN3O3S. The molecular weight excluding hydrogens is 386 g/mol. The van der Waals surface area contributed by atoms with Crippen LogP contribution in [0.3, 0.4) is 0 Å². The quantitative estimate of drug-likeness (QED) is 0.830. The smallest absolute Gasteiger partial charge is 0.410 e. The molecule has 6 nitrogen and oxygen atoms in total. The van der Waals surface area contributed by atoms with E-state index in [1.54, 1.807) is 11.8 Å². The first kappa shape index (κ1) is 18.0. The molecule has 2 aromatic rings. The van der Waals surface area contributed by atoms with Gasteiger partial charge in [0.15, 0.2) is 0 Å². The summed E-state index contributed by atoms with van der Waals surface area (Å²) in [6.07, 6.45) is 0.368. The maximum atomic E-state index is 12.1. The fourth-order valence-electron chi connectivity index (χ4n) is 3.40. The maximum absolute atomic E-state index is 12.1. The number of nitrogens with zero attached hydrogens (tertiary/aromatic N) is 2. The minimum Gasteiger partial charge on any atom is -0.450 e. The summed E-state index contributed by atoms with van der Waals surface area (Å²) < 4.78 is 5.80. The van der Waals surface area contributed by atoms with Crippen LogP contribution in [0.15, 0.2) is 29.3 Å². The molecule has 2 amide bonds. The van der Waals surface area contributed by atoms with E-state index in [0.29, 0.717) is 35.8 Å². The largest absolute Gasteiger partial charge is 0.450 e. The molecule has 3 heterocycles. The van der Waals surface area contributed by atoms with E-state index in [4.69, 9.17) is 16.3 Å². The molecule has 2 aliphatic rings. The second-order valence-electron chi connectivity index (χ2n) is 6.27. The van der Waals surface area contributed by atoms with Gasteiger partial charge in [0.2, 0.25) is 0 Å². The molecule has 2 aliphatic heterocycles. The number of hydrogen-bond donors (Lipinski definition) is 1. The van der Waals surface area contributed by atoms with Gasteiger partial charge in [-0.05, 0) is 25.0 Å². The van der Waals surface area contributed by atoms with Crippen molar-refractivity contribution in [2.75, 3.05) is 19.7 Å². The summed E-state index contributed by atoms with van der Waals surface area (Å²) in [4.78, 5) is 31.2. The van der Waals surface area contributed by atoms with Crippen molar-refractivity contribution in [1.82, 2.24) is 10.2 Å². The number of hydrogen-bond acceptors (Lipinski definition) is 5. The molecule has 0 radical (unpaired) electrons. The Morgan fingerprint density at radius 1 is 1.41 bits per heavy atom. The summed E-state index contributed by atoms with van der Waals surface area (Å²) in [5.41, 5.74) is 2.79. The maximum Gasteiger partial charge on any atom is 0.410 e. The van der Waals surface area contributed by atoms with E-state index in [1.165, 1.54) is 11.3 Å². The van der Waals surface area contributed by atoms with Gasteiger partial charge >= 0.3 is 6.09 Å². The number of rotatable bonds is 2. The van der Waals surface area contributed by atoms with Crippen LogP contribution in [0.4, 0.5) is 4.79 Å². The zero-order valence-corrected chi connectivity index (χ0v) is 16.3. The third kappa shape index (κ3) is 3.33. The number of halogens is 1. The van der Waals surface area contributed by atoms with Gasteiger partial charge in [-0.25, -0.2) is 9.79 Å². The van der Waals surface area contributed by atoms with Crippen molar-refractivity contribution in [2.45, 2.75) is 19.9 Å². The van der Waals surface area contributed by atoms with E-state index in [1.807, 2.05) is 24.3 Å². The van der Waals surface area contributed by atoms with Gasteiger partial charge in [0.25, 0.3) is 5.91 Å². The average molecular weight is 404 g/mol. The van der Waals surface area contributed by atoms with Gasteiger partial charge in [0.05, 0.1) is 25.4 Å². The highest BCUT2D eigenvalue weighted by Gasteiger charge is 2.27. The number of nitrogens with one attached hydrogen (secondary N) is 1. The lowest BCUT2D eigenvalue weighted by Gasteiger charge is -2.26. The van der Waals surface area contributed by atoms with Gasteiger partial charge < -0.3 is 15.0 Å². The van der Waals surface area contributed by atoms with Crippen LogP contribution in [0.1, 0.15) is 22.9 Å². The molecule has 0 bridgehead atoms. The van der Waals surface area contributed by atoms with Crippen LogP contribution in [-0.4, -0.2) is 36.6 Å². The van der Waals surface area contributed by atoms with Crippen molar-refractivity contribution in [3.8, 4) is 0 Å². The number of carbonyl (C=O) groups excluding carboxylic acids is 2. The summed E-state index contributed by atoms with van der Waals surface area (Å²) in [7, 11) is 0. The molecule has 0 fully saturated rings. The lowest BCUT2D eigenvalue weighted by atomic mass is 10.0. The lowest BCUT2D eigenvalue weighted by Crippen LogP contribution is -2.38. The molecule has 8 heteroatoms. The molecule has 0 saturated carbocycles. The SMILES string of the molecule is CCOC(=O)N1CCc2c(sc3c2=C(c2ccccc2Cl)NCC(=O)N=3)C1. The third-order valence-corrected chi connectivity index (χ3v) is 6.04. The van der Waals surface area contributed by atoms with Crippen molar-refractivity contribution in [3.05, 3.63) is 55.2 Å². The zero-order chi connectivity index (χ0) is 19.0.